The third-order valence-corrected chi connectivity index (χ3v) is 7.77. The molecule has 1 amide bonds. The van der Waals surface area contributed by atoms with Crippen molar-refractivity contribution in [3.8, 4) is 5.69 Å². The first kappa shape index (κ1) is 22.2. The van der Waals surface area contributed by atoms with E-state index >= 15 is 0 Å². The highest BCUT2D eigenvalue weighted by atomic mass is 32.2. The molecule has 0 unspecified atom stereocenters. The summed E-state index contributed by atoms with van der Waals surface area (Å²) in [5, 5.41) is 3.00. The lowest BCUT2D eigenvalue weighted by Gasteiger charge is -2.30. The molecule has 0 spiro atoms. The fraction of sp³-hybridized carbons (Fsp3) is 0.333. The van der Waals surface area contributed by atoms with Crippen molar-refractivity contribution in [2.24, 2.45) is 5.92 Å². The van der Waals surface area contributed by atoms with Crippen LogP contribution in [0.25, 0.3) is 5.69 Å². The van der Waals surface area contributed by atoms with E-state index in [1.807, 2.05) is 72.3 Å². The van der Waals surface area contributed by atoms with Gasteiger partial charge in [0.15, 0.2) is 0 Å². The number of imidazole rings is 1. The Morgan fingerprint density at radius 2 is 1.72 bits per heavy atom. The molecule has 0 bridgehead atoms. The van der Waals surface area contributed by atoms with Gasteiger partial charge in [0.25, 0.3) is 0 Å². The quantitative estimate of drug-likeness (QED) is 0.597. The fourth-order valence-corrected chi connectivity index (χ4v) is 5.59. The first-order valence-corrected chi connectivity index (χ1v) is 12.4. The predicted molar refractivity (Wildman–Crippen MR) is 124 cm³/mol. The number of aromatic nitrogens is 2. The Morgan fingerprint density at radius 3 is 2.34 bits per heavy atom. The molecule has 1 aliphatic rings. The zero-order chi connectivity index (χ0) is 22.6. The maximum Gasteiger partial charge on any atom is 0.223 e. The third-order valence-electron chi connectivity index (χ3n) is 5.92. The molecular formula is C24H28N4O3S. The number of hydrogen-bond acceptors (Lipinski definition) is 4. The van der Waals surface area contributed by atoms with E-state index < -0.39 is 10.0 Å². The highest BCUT2D eigenvalue weighted by molar-refractivity contribution is 7.88. The van der Waals surface area contributed by atoms with Crippen molar-refractivity contribution in [2.45, 2.75) is 32.1 Å². The van der Waals surface area contributed by atoms with Gasteiger partial charge in [-0.2, -0.15) is 0 Å². The van der Waals surface area contributed by atoms with Crippen LogP contribution in [0.1, 0.15) is 29.8 Å². The van der Waals surface area contributed by atoms with Crippen molar-refractivity contribution in [3.05, 3.63) is 83.9 Å². The van der Waals surface area contributed by atoms with Gasteiger partial charge in [-0.3, -0.25) is 4.79 Å². The molecule has 1 aliphatic heterocycles. The fourth-order valence-electron chi connectivity index (χ4n) is 4.03. The summed E-state index contributed by atoms with van der Waals surface area (Å²) < 4.78 is 28.9. The van der Waals surface area contributed by atoms with Gasteiger partial charge >= 0.3 is 0 Å². The summed E-state index contributed by atoms with van der Waals surface area (Å²) in [5.41, 5.74) is 2.82. The Bertz CT molecular complexity index is 1150. The predicted octanol–water partition coefficient (Wildman–Crippen LogP) is 3.04. The average molecular weight is 453 g/mol. The summed E-state index contributed by atoms with van der Waals surface area (Å²) in [6.07, 6.45) is 4.76. The molecule has 0 atom stereocenters. The second-order valence-corrected chi connectivity index (χ2v) is 10.1. The number of aryl methyl sites for hydroxylation is 1. The highest BCUT2D eigenvalue weighted by Crippen LogP contribution is 2.22. The van der Waals surface area contributed by atoms with Gasteiger partial charge in [-0.1, -0.05) is 42.5 Å². The van der Waals surface area contributed by atoms with Crippen molar-refractivity contribution in [3.63, 3.8) is 0 Å². The van der Waals surface area contributed by atoms with Crippen molar-refractivity contribution in [1.29, 1.82) is 0 Å². The minimum Gasteiger partial charge on any atom is -0.352 e. The average Bonchev–Trinajstić information content (AvgIpc) is 3.24. The van der Waals surface area contributed by atoms with E-state index in [2.05, 4.69) is 10.3 Å². The van der Waals surface area contributed by atoms with Crippen LogP contribution in [0.15, 0.2) is 67.0 Å². The molecule has 8 heteroatoms. The molecule has 168 valence electrons. The van der Waals surface area contributed by atoms with E-state index in [4.69, 9.17) is 0 Å². The van der Waals surface area contributed by atoms with Crippen LogP contribution in [0.3, 0.4) is 0 Å². The van der Waals surface area contributed by atoms with Crippen LogP contribution in [0.2, 0.25) is 0 Å². The lowest BCUT2D eigenvalue weighted by atomic mass is 9.97. The molecule has 0 radical (unpaired) electrons. The summed E-state index contributed by atoms with van der Waals surface area (Å²) in [6, 6.07) is 17.2. The van der Waals surface area contributed by atoms with Crippen LogP contribution in [0, 0.1) is 12.8 Å². The third kappa shape index (κ3) is 5.26. The van der Waals surface area contributed by atoms with Crippen LogP contribution < -0.4 is 5.32 Å². The standard InChI is InChI=1S/C24H28N4O3S/c1-19-25-13-16-28(19)23-9-7-20(8-10-23)17-26-24(29)22-11-14-27(15-12-22)32(30,31)18-21-5-3-2-4-6-21/h2-10,13,16,22H,11-12,14-15,17-18H2,1H3,(H,26,29). The number of sulfonamides is 1. The summed E-state index contributed by atoms with van der Waals surface area (Å²) >= 11 is 0. The molecule has 1 aromatic heterocycles. The molecule has 4 rings (SSSR count). The number of amides is 1. The smallest absolute Gasteiger partial charge is 0.223 e. The normalized spacial score (nSPS) is 15.5. The Labute approximate surface area is 189 Å². The first-order chi connectivity index (χ1) is 15.4. The maximum absolute atomic E-state index is 12.7. The van der Waals surface area contributed by atoms with Crippen molar-refractivity contribution in [2.75, 3.05) is 13.1 Å². The van der Waals surface area contributed by atoms with Crippen LogP contribution in [0.5, 0.6) is 0 Å². The van der Waals surface area contributed by atoms with Crippen LogP contribution in [-0.4, -0.2) is 41.3 Å². The summed E-state index contributed by atoms with van der Waals surface area (Å²) in [6.45, 7) is 3.17. The number of carbonyl (C=O) groups is 1. The molecule has 32 heavy (non-hydrogen) atoms. The van der Waals surface area contributed by atoms with Crippen molar-refractivity contribution < 1.29 is 13.2 Å². The summed E-state index contributed by atoms with van der Waals surface area (Å²) in [5.74, 6) is 0.744. The summed E-state index contributed by atoms with van der Waals surface area (Å²) in [7, 11) is -3.37. The largest absolute Gasteiger partial charge is 0.352 e. The van der Waals surface area contributed by atoms with Gasteiger partial charge in [-0.15, -0.1) is 0 Å². The number of carbonyl (C=O) groups excluding carboxylic acids is 1. The monoisotopic (exact) mass is 452 g/mol. The first-order valence-electron chi connectivity index (χ1n) is 10.8. The second kappa shape index (κ2) is 9.67. The lowest BCUT2D eigenvalue weighted by Crippen LogP contribution is -2.43. The molecule has 0 aliphatic carbocycles. The van der Waals surface area contributed by atoms with Gasteiger partial charge in [-0.05, 0) is 43.0 Å². The van der Waals surface area contributed by atoms with E-state index in [0.29, 0.717) is 32.5 Å². The Kier molecular flexibility index (Phi) is 6.72. The van der Waals surface area contributed by atoms with Crippen LogP contribution in [0.4, 0.5) is 0 Å². The molecule has 0 saturated carbocycles. The zero-order valence-electron chi connectivity index (χ0n) is 18.1. The van der Waals surface area contributed by atoms with E-state index in [1.165, 1.54) is 4.31 Å². The number of nitrogens with one attached hydrogen (secondary N) is 1. The molecule has 2 heterocycles. The maximum atomic E-state index is 12.7. The lowest BCUT2D eigenvalue weighted by molar-refractivity contribution is -0.126. The van der Waals surface area contributed by atoms with Gasteiger partial charge < -0.3 is 9.88 Å². The molecule has 7 nitrogen and oxygen atoms in total. The molecule has 3 aromatic rings. The van der Waals surface area contributed by atoms with Crippen molar-refractivity contribution in [1.82, 2.24) is 19.2 Å². The van der Waals surface area contributed by atoms with Gasteiger partial charge in [0, 0.05) is 43.6 Å². The SMILES string of the molecule is Cc1nccn1-c1ccc(CNC(=O)C2CCN(S(=O)(=O)Cc3ccccc3)CC2)cc1. The zero-order valence-corrected chi connectivity index (χ0v) is 19.0. The number of rotatable bonds is 7. The number of benzene rings is 2. The Morgan fingerprint density at radius 1 is 1.03 bits per heavy atom. The van der Waals surface area contributed by atoms with Gasteiger partial charge in [0.1, 0.15) is 5.82 Å². The number of nitrogens with zero attached hydrogens (tertiary/aromatic N) is 3. The van der Waals surface area contributed by atoms with E-state index in [1.54, 1.807) is 6.20 Å². The van der Waals surface area contributed by atoms with Crippen LogP contribution in [-0.2, 0) is 27.1 Å². The number of piperidine rings is 1. The molecule has 1 fully saturated rings. The van der Waals surface area contributed by atoms with Gasteiger partial charge in [0.05, 0.1) is 5.75 Å². The summed E-state index contributed by atoms with van der Waals surface area (Å²) in [4.78, 5) is 16.9. The second-order valence-electron chi connectivity index (χ2n) is 8.14. The van der Waals surface area contributed by atoms with Crippen molar-refractivity contribution >= 4 is 15.9 Å². The minimum atomic E-state index is -3.37. The minimum absolute atomic E-state index is 0.000698. The van der Waals surface area contributed by atoms with E-state index in [9.17, 15) is 13.2 Å². The molecule has 1 saturated heterocycles. The molecule has 1 N–H and O–H groups in total. The highest BCUT2D eigenvalue weighted by Gasteiger charge is 2.31. The Balaban J connectivity index is 1.26. The van der Waals surface area contributed by atoms with Gasteiger partial charge in [-0.25, -0.2) is 17.7 Å². The number of hydrogen-bond donors (Lipinski definition) is 1. The van der Waals surface area contributed by atoms with Crippen LogP contribution >= 0.6 is 0 Å². The van der Waals surface area contributed by atoms with E-state index in [-0.39, 0.29) is 17.6 Å². The molecular weight excluding hydrogens is 424 g/mol. The van der Waals surface area contributed by atoms with Gasteiger partial charge in [0.2, 0.25) is 15.9 Å². The molecule has 2 aromatic carbocycles. The Hall–Kier alpha value is -2.97. The van der Waals surface area contributed by atoms with E-state index in [0.717, 1.165) is 22.6 Å². The topological polar surface area (TPSA) is 84.3 Å².